The third-order valence-corrected chi connectivity index (χ3v) is 5.65. The smallest absolute Gasteiger partial charge is 0.312 e. The molecule has 128 valence electrons. The van der Waals surface area contributed by atoms with Gasteiger partial charge in [-0.05, 0) is 43.4 Å². The Kier molecular flexibility index (Phi) is 4.70. The standard InChI is InChI=1S/C19H34O3/c1-17(2,3)12-19(7,18(4,5)6)16(20)21-11-13-10-14-8-9-15(13)22-14/h13-15H,8-12H2,1-7H3. The molecule has 2 saturated heterocycles. The fourth-order valence-electron chi connectivity index (χ4n) is 3.96. The van der Waals surface area contributed by atoms with Crippen LogP contribution in [0.3, 0.4) is 0 Å². The summed E-state index contributed by atoms with van der Waals surface area (Å²) in [5, 5.41) is 0. The molecule has 3 heteroatoms. The Balaban J connectivity index is 2.00. The second-order valence-corrected chi connectivity index (χ2v) is 9.79. The van der Waals surface area contributed by atoms with Gasteiger partial charge in [-0.15, -0.1) is 0 Å². The molecule has 2 aliphatic heterocycles. The molecule has 2 aliphatic rings. The largest absolute Gasteiger partial charge is 0.465 e. The lowest BCUT2D eigenvalue weighted by atomic mass is 9.61. The van der Waals surface area contributed by atoms with Gasteiger partial charge in [0.15, 0.2) is 0 Å². The summed E-state index contributed by atoms with van der Waals surface area (Å²) in [7, 11) is 0. The number of hydrogen-bond donors (Lipinski definition) is 0. The second-order valence-electron chi connectivity index (χ2n) is 9.79. The highest BCUT2D eigenvalue weighted by Gasteiger charge is 2.48. The lowest BCUT2D eigenvalue weighted by Gasteiger charge is -2.43. The van der Waals surface area contributed by atoms with Gasteiger partial charge in [-0.1, -0.05) is 41.5 Å². The number of fused-ring (bicyclic) bond motifs is 2. The molecule has 22 heavy (non-hydrogen) atoms. The van der Waals surface area contributed by atoms with Crippen molar-refractivity contribution in [2.45, 2.75) is 86.4 Å². The minimum Gasteiger partial charge on any atom is -0.465 e. The van der Waals surface area contributed by atoms with Crippen LogP contribution >= 0.6 is 0 Å². The summed E-state index contributed by atoms with van der Waals surface area (Å²) in [6.45, 7) is 15.6. The number of hydrogen-bond acceptors (Lipinski definition) is 3. The van der Waals surface area contributed by atoms with Crippen molar-refractivity contribution in [2.24, 2.45) is 22.2 Å². The first-order valence-electron chi connectivity index (χ1n) is 8.75. The summed E-state index contributed by atoms with van der Waals surface area (Å²) < 4.78 is 11.7. The summed E-state index contributed by atoms with van der Waals surface area (Å²) in [5.41, 5.74) is -0.497. The summed E-state index contributed by atoms with van der Waals surface area (Å²) >= 11 is 0. The van der Waals surface area contributed by atoms with Gasteiger partial charge < -0.3 is 9.47 Å². The van der Waals surface area contributed by atoms with E-state index in [-0.39, 0.29) is 16.8 Å². The van der Waals surface area contributed by atoms with Gasteiger partial charge in [0.1, 0.15) is 0 Å². The quantitative estimate of drug-likeness (QED) is 0.713. The van der Waals surface area contributed by atoms with Crippen molar-refractivity contribution >= 4 is 5.97 Å². The molecule has 0 aromatic carbocycles. The van der Waals surface area contributed by atoms with Crippen LogP contribution in [0.25, 0.3) is 0 Å². The number of carbonyl (C=O) groups is 1. The number of ether oxygens (including phenoxy) is 2. The normalized spacial score (nSPS) is 31.1. The number of esters is 1. The highest BCUT2D eigenvalue weighted by atomic mass is 16.5. The minimum absolute atomic E-state index is 0.0438. The molecule has 0 spiro atoms. The van der Waals surface area contributed by atoms with Gasteiger partial charge in [0.2, 0.25) is 0 Å². The zero-order valence-electron chi connectivity index (χ0n) is 15.5. The van der Waals surface area contributed by atoms with Crippen LogP contribution in [0.1, 0.15) is 74.1 Å². The maximum atomic E-state index is 12.9. The van der Waals surface area contributed by atoms with Crippen LogP contribution in [-0.2, 0) is 14.3 Å². The zero-order chi connectivity index (χ0) is 16.8. The number of carbonyl (C=O) groups excluding carboxylic acids is 1. The van der Waals surface area contributed by atoms with E-state index >= 15 is 0 Å². The molecule has 0 aliphatic carbocycles. The highest BCUT2D eigenvalue weighted by molar-refractivity contribution is 5.77. The summed E-state index contributed by atoms with van der Waals surface area (Å²) in [6, 6.07) is 0. The molecule has 0 amide bonds. The van der Waals surface area contributed by atoms with Gasteiger partial charge in [-0.3, -0.25) is 4.79 Å². The van der Waals surface area contributed by atoms with Crippen molar-refractivity contribution in [3.63, 3.8) is 0 Å². The van der Waals surface area contributed by atoms with Crippen molar-refractivity contribution in [3.05, 3.63) is 0 Å². The van der Waals surface area contributed by atoms with Gasteiger partial charge in [0, 0.05) is 5.92 Å². The van der Waals surface area contributed by atoms with E-state index in [0.717, 1.165) is 19.3 Å². The third-order valence-electron chi connectivity index (χ3n) is 5.65. The first-order chi connectivity index (χ1) is 9.92. The van der Waals surface area contributed by atoms with E-state index in [1.807, 2.05) is 0 Å². The molecule has 2 heterocycles. The third kappa shape index (κ3) is 3.67. The van der Waals surface area contributed by atoms with Gasteiger partial charge in [0.05, 0.1) is 24.2 Å². The summed E-state index contributed by atoms with van der Waals surface area (Å²) in [5.74, 6) is 0.360. The SMILES string of the molecule is CC(C)(C)CC(C)(C(=O)OCC1CC2CCC1O2)C(C)(C)C. The van der Waals surface area contributed by atoms with E-state index in [1.54, 1.807) is 0 Å². The van der Waals surface area contributed by atoms with Crippen molar-refractivity contribution in [1.29, 1.82) is 0 Å². The predicted molar refractivity (Wildman–Crippen MR) is 88.6 cm³/mol. The topological polar surface area (TPSA) is 35.5 Å². The first-order valence-corrected chi connectivity index (χ1v) is 8.75. The fraction of sp³-hybridized carbons (Fsp3) is 0.947. The molecule has 4 unspecified atom stereocenters. The van der Waals surface area contributed by atoms with E-state index in [2.05, 4.69) is 48.5 Å². The average Bonchev–Trinajstić information content (AvgIpc) is 2.94. The van der Waals surface area contributed by atoms with Crippen LogP contribution in [0.5, 0.6) is 0 Å². The maximum Gasteiger partial charge on any atom is 0.312 e. The van der Waals surface area contributed by atoms with E-state index in [0.29, 0.717) is 24.7 Å². The Labute approximate surface area is 136 Å². The lowest BCUT2D eigenvalue weighted by Crippen LogP contribution is -2.45. The molecule has 0 N–H and O–H groups in total. The van der Waals surface area contributed by atoms with Crippen molar-refractivity contribution < 1.29 is 14.3 Å². The van der Waals surface area contributed by atoms with Crippen LogP contribution in [-0.4, -0.2) is 24.8 Å². The predicted octanol–water partition coefficient (Wildman–Crippen LogP) is 4.59. The molecular weight excluding hydrogens is 276 g/mol. The number of rotatable bonds is 4. The van der Waals surface area contributed by atoms with Gasteiger partial charge in [-0.2, -0.15) is 0 Å². The average molecular weight is 310 g/mol. The first kappa shape index (κ1) is 17.8. The molecule has 2 rings (SSSR count). The van der Waals surface area contributed by atoms with Gasteiger partial charge >= 0.3 is 5.97 Å². The highest BCUT2D eigenvalue weighted by Crippen LogP contribution is 2.48. The Bertz CT molecular complexity index is 415. The lowest BCUT2D eigenvalue weighted by molar-refractivity contribution is -0.166. The molecule has 4 atom stereocenters. The van der Waals surface area contributed by atoms with Crippen LogP contribution in [0.2, 0.25) is 0 Å². The Morgan fingerprint density at radius 3 is 2.14 bits per heavy atom. The second kappa shape index (κ2) is 5.81. The Morgan fingerprint density at radius 1 is 1.09 bits per heavy atom. The molecule has 0 saturated carbocycles. The molecule has 2 bridgehead atoms. The van der Waals surface area contributed by atoms with E-state index in [4.69, 9.17) is 9.47 Å². The van der Waals surface area contributed by atoms with Crippen LogP contribution in [0.4, 0.5) is 0 Å². The molecule has 3 nitrogen and oxygen atoms in total. The molecule has 0 radical (unpaired) electrons. The van der Waals surface area contributed by atoms with E-state index < -0.39 is 5.41 Å². The van der Waals surface area contributed by atoms with E-state index in [9.17, 15) is 4.79 Å². The molecule has 0 aromatic heterocycles. The minimum atomic E-state index is -0.469. The van der Waals surface area contributed by atoms with Crippen molar-refractivity contribution in [1.82, 2.24) is 0 Å². The van der Waals surface area contributed by atoms with E-state index in [1.165, 1.54) is 6.42 Å². The van der Waals surface area contributed by atoms with Crippen LogP contribution in [0.15, 0.2) is 0 Å². The van der Waals surface area contributed by atoms with Crippen LogP contribution < -0.4 is 0 Å². The Hall–Kier alpha value is -0.570. The molecule has 0 aromatic rings. The zero-order valence-corrected chi connectivity index (χ0v) is 15.5. The van der Waals surface area contributed by atoms with Gasteiger partial charge in [0.25, 0.3) is 0 Å². The summed E-state index contributed by atoms with van der Waals surface area (Å²) in [4.78, 5) is 12.9. The maximum absolute atomic E-state index is 12.9. The molecular formula is C19H34O3. The monoisotopic (exact) mass is 310 g/mol. The summed E-state index contributed by atoms with van der Waals surface area (Å²) in [6.07, 6.45) is 4.93. The van der Waals surface area contributed by atoms with Gasteiger partial charge in [-0.25, -0.2) is 0 Å². The molecule has 2 fully saturated rings. The Morgan fingerprint density at radius 2 is 1.73 bits per heavy atom. The fourth-order valence-corrected chi connectivity index (χ4v) is 3.96. The van der Waals surface area contributed by atoms with Crippen LogP contribution in [0, 0.1) is 22.2 Å². The van der Waals surface area contributed by atoms with Crippen molar-refractivity contribution in [3.8, 4) is 0 Å². The van der Waals surface area contributed by atoms with Crippen molar-refractivity contribution in [2.75, 3.05) is 6.61 Å².